The molecule has 1 aliphatic heterocycles. The zero-order valence-electron chi connectivity index (χ0n) is 21.9. The van der Waals surface area contributed by atoms with Crippen LogP contribution in [0.25, 0.3) is 0 Å². The van der Waals surface area contributed by atoms with Crippen molar-refractivity contribution in [1.82, 2.24) is 18.9 Å². The highest BCUT2D eigenvalue weighted by Gasteiger charge is 2.33. The number of nitrogens with zero attached hydrogens (tertiary/aromatic N) is 4. The summed E-state index contributed by atoms with van der Waals surface area (Å²) < 4.78 is 28.9. The Morgan fingerprint density at radius 2 is 1.44 bits per heavy atom. The number of ketones is 1. The van der Waals surface area contributed by atoms with Crippen LogP contribution in [0.4, 0.5) is 14.6 Å². The molecule has 1 fully saturated rings. The first kappa shape index (κ1) is 27.9. The van der Waals surface area contributed by atoms with Crippen molar-refractivity contribution in [3.8, 4) is 0 Å². The molecule has 1 amide bonds. The van der Waals surface area contributed by atoms with Gasteiger partial charge < -0.3 is 10.6 Å². The zero-order chi connectivity index (χ0) is 28.3. The monoisotopic (exact) mass is 539 g/mol. The summed E-state index contributed by atoms with van der Waals surface area (Å²) in [6.45, 7) is -0.0579. The minimum Gasteiger partial charge on any atom is -0.384 e. The summed E-state index contributed by atoms with van der Waals surface area (Å²) in [4.78, 5) is 56.6. The Balaban J connectivity index is 1.78. The fourth-order valence-corrected chi connectivity index (χ4v) is 4.84. The first-order valence-corrected chi connectivity index (χ1v) is 12.7. The third-order valence-electron chi connectivity index (χ3n) is 6.94. The normalized spacial score (nSPS) is 15.7. The molecule has 2 N–H and O–H groups in total. The van der Waals surface area contributed by atoms with Gasteiger partial charge in [-0.25, -0.2) is 13.6 Å². The van der Waals surface area contributed by atoms with Crippen LogP contribution >= 0.6 is 0 Å². The Bertz CT molecular complexity index is 1480. The van der Waals surface area contributed by atoms with Crippen molar-refractivity contribution in [3.63, 3.8) is 0 Å². The van der Waals surface area contributed by atoms with E-state index < -0.39 is 34.7 Å². The second-order valence-corrected chi connectivity index (χ2v) is 9.91. The van der Waals surface area contributed by atoms with Crippen molar-refractivity contribution in [2.24, 2.45) is 0 Å². The van der Waals surface area contributed by atoms with E-state index in [1.54, 1.807) is 19.0 Å². The lowest BCUT2D eigenvalue weighted by Crippen LogP contribution is -2.51. The average molecular weight is 540 g/mol. The second kappa shape index (κ2) is 11.7. The number of rotatable bonds is 8. The molecule has 11 heteroatoms. The summed E-state index contributed by atoms with van der Waals surface area (Å²) in [5.74, 6) is -1.99. The van der Waals surface area contributed by atoms with E-state index in [1.807, 2.05) is 0 Å². The third kappa shape index (κ3) is 6.14. The van der Waals surface area contributed by atoms with E-state index in [-0.39, 0.29) is 36.9 Å². The lowest BCUT2D eigenvalue weighted by atomic mass is 10.00. The second-order valence-electron chi connectivity index (χ2n) is 9.91. The molecule has 1 unspecified atom stereocenters. The van der Waals surface area contributed by atoms with Gasteiger partial charge in [0.05, 0.1) is 25.7 Å². The number of carbonyl (C=O) groups is 2. The smallest absolute Gasteiger partial charge is 0.333 e. The number of Topliss-reactive ketones (excluding diaryl/α,β-unsaturated/α-hetero) is 1. The molecule has 0 saturated carbocycles. The molecular weight excluding hydrogens is 508 g/mol. The van der Waals surface area contributed by atoms with Gasteiger partial charge in [0.25, 0.3) is 5.56 Å². The van der Waals surface area contributed by atoms with Gasteiger partial charge in [-0.2, -0.15) is 0 Å². The Kier molecular flexibility index (Phi) is 8.39. The number of halogens is 2. The molecule has 0 bridgehead atoms. The summed E-state index contributed by atoms with van der Waals surface area (Å²) in [6, 6.07) is 10.2. The van der Waals surface area contributed by atoms with E-state index >= 15 is 0 Å². The summed E-state index contributed by atoms with van der Waals surface area (Å²) in [5.41, 5.74) is 5.32. The van der Waals surface area contributed by atoms with E-state index in [0.29, 0.717) is 24.1 Å². The minimum absolute atomic E-state index is 0.111. The maximum absolute atomic E-state index is 13.6. The molecule has 2 aromatic carbocycles. The van der Waals surface area contributed by atoms with E-state index in [4.69, 9.17) is 5.73 Å². The number of anilines is 1. The van der Waals surface area contributed by atoms with Gasteiger partial charge in [0.1, 0.15) is 23.0 Å². The molecule has 1 aliphatic rings. The van der Waals surface area contributed by atoms with Crippen LogP contribution in [-0.4, -0.2) is 63.9 Å². The predicted octanol–water partition coefficient (Wildman–Crippen LogP) is 2.09. The van der Waals surface area contributed by atoms with Crippen LogP contribution in [0, 0.1) is 11.6 Å². The van der Waals surface area contributed by atoms with E-state index in [2.05, 4.69) is 0 Å². The molecule has 39 heavy (non-hydrogen) atoms. The number of likely N-dealkylation sites (N-methyl/N-ethyl adjacent to an activating group) is 1. The highest BCUT2D eigenvalue weighted by Crippen LogP contribution is 2.20. The highest BCUT2D eigenvalue weighted by molar-refractivity contribution is 6.01. The Labute approximate surface area is 224 Å². The van der Waals surface area contributed by atoms with Crippen LogP contribution < -0.4 is 17.0 Å². The molecule has 3 aromatic rings. The fraction of sp³-hybridized carbons (Fsp3) is 0.357. The molecule has 9 nitrogen and oxygen atoms in total. The van der Waals surface area contributed by atoms with E-state index in [1.165, 1.54) is 53.4 Å². The first-order valence-electron chi connectivity index (χ1n) is 12.7. The minimum atomic E-state index is -0.866. The maximum atomic E-state index is 13.6. The van der Waals surface area contributed by atoms with Gasteiger partial charge in [-0.05, 0) is 54.8 Å². The first-order chi connectivity index (χ1) is 18.6. The van der Waals surface area contributed by atoms with Crippen molar-refractivity contribution < 1.29 is 18.4 Å². The van der Waals surface area contributed by atoms with Crippen molar-refractivity contribution in [3.05, 3.63) is 97.7 Å². The summed E-state index contributed by atoms with van der Waals surface area (Å²) in [5, 5.41) is 0. The number of nitrogens with two attached hydrogens (primary N) is 1. The molecule has 206 valence electrons. The summed E-state index contributed by atoms with van der Waals surface area (Å²) >= 11 is 0. The van der Waals surface area contributed by atoms with Crippen LogP contribution in [0.1, 0.15) is 40.7 Å². The van der Waals surface area contributed by atoms with Crippen LogP contribution in [0.2, 0.25) is 0 Å². The predicted molar refractivity (Wildman–Crippen MR) is 143 cm³/mol. The molecule has 4 rings (SSSR count). The largest absolute Gasteiger partial charge is 0.384 e. The van der Waals surface area contributed by atoms with E-state index in [9.17, 15) is 28.0 Å². The number of aromatic nitrogens is 2. The third-order valence-corrected chi connectivity index (χ3v) is 6.94. The lowest BCUT2D eigenvalue weighted by molar-refractivity contribution is -0.135. The summed E-state index contributed by atoms with van der Waals surface area (Å²) in [7, 11) is 3.29. The topological polar surface area (TPSA) is 111 Å². The molecule has 2 heterocycles. The van der Waals surface area contributed by atoms with Crippen molar-refractivity contribution in [2.75, 3.05) is 32.9 Å². The molecule has 1 aromatic heterocycles. The van der Waals surface area contributed by atoms with Gasteiger partial charge in [0.2, 0.25) is 5.91 Å². The van der Waals surface area contributed by atoms with Crippen LogP contribution in [0.15, 0.2) is 58.1 Å². The quantitative estimate of drug-likeness (QED) is 0.439. The van der Waals surface area contributed by atoms with Gasteiger partial charge in [0.15, 0.2) is 5.78 Å². The maximum Gasteiger partial charge on any atom is 0.333 e. The number of amides is 1. The van der Waals surface area contributed by atoms with Gasteiger partial charge in [-0.3, -0.25) is 28.4 Å². The van der Waals surface area contributed by atoms with Crippen LogP contribution in [0.5, 0.6) is 0 Å². The van der Waals surface area contributed by atoms with Gasteiger partial charge in [-0.15, -0.1) is 0 Å². The number of carbonyl (C=O) groups excluding carboxylic acids is 2. The van der Waals surface area contributed by atoms with E-state index in [0.717, 1.165) is 22.0 Å². The SMILES string of the molecule is CN(C)C(=O)C1CCCCN1CC(=O)c1c(N)n(Cc2ccc(F)cc2)c(=O)n(Cc2ccc(F)cc2)c1=O. The van der Waals surface area contributed by atoms with Crippen molar-refractivity contribution >= 4 is 17.5 Å². The molecule has 0 spiro atoms. The van der Waals surface area contributed by atoms with Crippen LogP contribution in [-0.2, 0) is 17.9 Å². The molecule has 0 aliphatic carbocycles. The fourth-order valence-electron chi connectivity index (χ4n) is 4.84. The number of benzene rings is 2. The average Bonchev–Trinajstić information content (AvgIpc) is 2.91. The van der Waals surface area contributed by atoms with Crippen molar-refractivity contribution in [2.45, 2.75) is 38.4 Å². The zero-order valence-corrected chi connectivity index (χ0v) is 21.9. The molecular formula is C28H31F2N5O4. The Morgan fingerprint density at radius 1 is 0.897 bits per heavy atom. The molecule has 1 saturated heterocycles. The van der Waals surface area contributed by atoms with Gasteiger partial charge in [0, 0.05) is 14.1 Å². The van der Waals surface area contributed by atoms with Crippen LogP contribution in [0.3, 0.4) is 0 Å². The Morgan fingerprint density at radius 3 is 1.97 bits per heavy atom. The summed E-state index contributed by atoms with van der Waals surface area (Å²) in [6.07, 6.45) is 2.21. The number of likely N-dealkylation sites (tertiary alicyclic amines) is 1. The van der Waals surface area contributed by atoms with Gasteiger partial charge in [-0.1, -0.05) is 30.7 Å². The number of hydrogen-bond donors (Lipinski definition) is 1. The standard InChI is InChI=1S/C28H31F2N5O4/c1-32(2)26(37)22-5-3-4-14-33(22)17-23(36)24-25(31)34(15-18-6-10-20(29)11-7-18)28(39)35(27(24)38)16-19-8-12-21(30)13-9-19/h6-13,22H,3-5,14-17,31H2,1-2H3. The lowest BCUT2D eigenvalue weighted by Gasteiger charge is -2.35. The number of hydrogen-bond acceptors (Lipinski definition) is 6. The molecule has 0 radical (unpaired) electrons. The molecule has 1 atom stereocenters. The van der Waals surface area contributed by atoms with Gasteiger partial charge >= 0.3 is 5.69 Å². The number of nitrogen functional groups attached to an aromatic ring is 1. The highest BCUT2D eigenvalue weighted by atomic mass is 19.1. The van der Waals surface area contributed by atoms with Crippen molar-refractivity contribution in [1.29, 1.82) is 0 Å². The Hall–Kier alpha value is -4.12. The number of piperidine rings is 1.